The maximum atomic E-state index is 9.38. The minimum absolute atomic E-state index is 0.0731. The van der Waals surface area contributed by atoms with E-state index in [2.05, 4.69) is 0 Å². The molecule has 2 aromatic heterocycles. The molecular weight excluding hydrogens is 488 g/mol. The van der Waals surface area contributed by atoms with Crippen molar-refractivity contribution in [2.24, 2.45) is 0 Å². The SMILES string of the molecule is [2H]c1c([2H])c([2H])c2c(-c3c4c([2H])c([2H])c([2H])c([2H])c4c(-c4cc5occc5c5c4oc4ccccc45)c4c([2H])c([2H])c([2H])c([2H])c34)c([2H])c([2H])c([2H])c2c1[2H]. The quantitative estimate of drug-likeness (QED) is 0.210. The average molecular weight is 526 g/mol. The van der Waals surface area contributed by atoms with Gasteiger partial charge in [0.15, 0.2) is 0 Å². The highest BCUT2D eigenvalue weighted by Gasteiger charge is 2.23. The molecule has 0 aliphatic rings. The van der Waals surface area contributed by atoms with E-state index in [1.807, 2.05) is 12.1 Å². The minimum atomic E-state index is -0.771. The molecule has 7 aromatic carbocycles. The molecule has 0 radical (unpaired) electrons. The predicted molar refractivity (Wildman–Crippen MR) is 167 cm³/mol. The summed E-state index contributed by atoms with van der Waals surface area (Å²) >= 11 is 0. The topological polar surface area (TPSA) is 26.3 Å². The fourth-order valence-electron chi connectivity index (χ4n) is 5.67. The van der Waals surface area contributed by atoms with Gasteiger partial charge in [0.25, 0.3) is 0 Å². The first-order chi connectivity index (χ1) is 26.1. The van der Waals surface area contributed by atoms with Crippen LogP contribution in [0.3, 0.4) is 0 Å². The Balaban J connectivity index is 1.68. The van der Waals surface area contributed by atoms with Gasteiger partial charge in [0.2, 0.25) is 0 Å². The molecule has 40 heavy (non-hydrogen) atoms. The molecule has 186 valence electrons. The number of benzene rings is 7. The van der Waals surface area contributed by atoms with Crippen LogP contribution in [0.4, 0.5) is 0 Å². The summed E-state index contributed by atoms with van der Waals surface area (Å²) < 4.78 is 146. The van der Waals surface area contributed by atoms with Crippen LogP contribution in [0, 0.1) is 0 Å². The van der Waals surface area contributed by atoms with Gasteiger partial charge in [-0.1, -0.05) is 109 Å². The smallest absolute Gasteiger partial charge is 0.144 e. The van der Waals surface area contributed by atoms with Crippen LogP contribution in [0.25, 0.3) is 87.5 Å². The Bertz CT molecular complexity index is 3180. The van der Waals surface area contributed by atoms with Gasteiger partial charge in [-0.25, -0.2) is 0 Å². The Kier molecular flexibility index (Phi) is 2.39. The van der Waals surface area contributed by atoms with Gasteiger partial charge in [-0.3, -0.25) is 0 Å². The van der Waals surface area contributed by atoms with Gasteiger partial charge >= 0.3 is 0 Å². The van der Waals surface area contributed by atoms with Crippen molar-refractivity contribution in [1.82, 2.24) is 0 Å². The van der Waals surface area contributed by atoms with Crippen molar-refractivity contribution >= 4 is 65.2 Å². The zero-order chi connectivity index (χ0) is 39.3. The summed E-state index contributed by atoms with van der Waals surface area (Å²) in [7, 11) is 0. The molecule has 0 unspecified atom stereocenters. The van der Waals surface area contributed by atoms with Crippen LogP contribution in [0.15, 0.2) is 142 Å². The van der Waals surface area contributed by atoms with E-state index in [1.54, 1.807) is 24.3 Å². The van der Waals surface area contributed by atoms with Crippen LogP contribution >= 0.6 is 0 Å². The molecule has 0 spiro atoms. The first-order valence-electron chi connectivity index (χ1n) is 19.9. The Hall–Kier alpha value is -5.34. The normalized spacial score (nSPS) is 17.2. The van der Waals surface area contributed by atoms with Gasteiger partial charge in [0, 0.05) is 27.3 Å². The van der Waals surface area contributed by atoms with Crippen LogP contribution in [0.2, 0.25) is 0 Å². The highest BCUT2D eigenvalue weighted by Crippen LogP contribution is 2.49. The van der Waals surface area contributed by atoms with Gasteiger partial charge in [-0.05, 0) is 61.6 Å². The van der Waals surface area contributed by atoms with Crippen LogP contribution in [-0.2, 0) is 0 Å². The van der Waals surface area contributed by atoms with Gasteiger partial charge in [-0.15, -0.1) is 0 Å². The summed E-state index contributed by atoms with van der Waals surface area (Å²) in [4.78, 5) is 0. The number of hydrogen-bond donors (Lipinski definition) is 0. The fourth-order valence-corrected chi connectivity index (χ4v) is 5.67. The Morgan fingerprint density at radius 3 is 1.85 bits per heavy atom. The molecule has 2 heteroatoms. The van der Waals surface area contributed by atoms with Crippen molar-refractivity contribution in [1.29, 1.82) is 0 Å². The summed E-state index contributed by atoms with van der Waals surface area (Å²) in [6.07, 6.45) is 1.46. The van der Waals surface area contributed by atoms with Gasteiger partial charge < -0.3 is 8.83 Å². The van der Waals surface area contributed by atoms with E-state index < -0.39 is 107 Å². The molecule has 2 nitrogen and oxygen atoms in total. The Morgan fingerprint density at radius 1 is 0.500 bits per heavy atom. The third kappa shape index (κ3) is 2.88. The molecule has 0 saturated heterocycles. The summed E-state index contributed by atoms with van der Waals surface area (Å²) in [5.74, 6) is 0. The van der Waals surface area contributed by atoms with Gasteiger partial charge in [-0.2, -0.15) is 0 Å². The largest absolute Gasteiger partial charge is 0.464 e. The van der Waals surface area contributed by atoms with Crippen LogP contribution in [0.1, 0.15) is 20.6 Å². The second kappa shape index (κ2) is 8.08. The molecule has 0 N–H and O–H groups in total. The molecule has 2 heterocycles. The van der Waals surface area contributed by atoms with Crippen LogP contribution in [0.5, 0.6) is 0 Å². The van der Waals surface area contributed by atoms with Crippen LogP contribution < -0.4 is 0 Å². The van der Waals surface area contributed by atoms with E-state index >= 15 is 0 Å². The summed E-state index contributed by atoms with van der Waals surface area (Å²) in [5.41, 5.74) is 0.247. The lowest BCUT2D eigenvalue weighted by Gasteiger charge is -2.19. The first-order valence-corrected chi connectivity index (χ1v) is 12.4. The highest BCUT2D eigenvalue weighted by molar-refractivity contribution is 6.28. The molecule has 0 bridgehead atoms. The maximum absolute atomic E-state index is 9.38. The van der Waals surface area contributed by atoms with Crippen molar-refractivity contribution in [3.05, 3.63) is 133 Å². The monoisotopic (exact) mass is 525 g/mol. The Morgan fingerprint density at radius 2 is 1.10 bits per heavy atom. The van der Waals surface area contributed by atoms with E-state index in [1.165, 1.54) is 6.26 Å². The third-order valence-corrected chi connectivity index (χ3v) is 7.29. The standard InChI is InChI=1S/C38H22O2/c1-2-12-24-23(10-1)11-9-18-25(24)35-26-13-3-5-15-28(26)36(29-16-6-4-14-27(29)35)32-22-34-31(20-21-39-34)37-30-17-7-8-19-33(30)40-38(32)37/h1-22H/i1D,2D,3D,4D,5D,6D,9D,10D,11D,12D,13D,14D,15D,16D,18D. The summed E-state index contributed by atoms with van der Waals surface area (Å²) in [6.45, 7) is 0. The van der Waals surface area contributed by atoms with E-state index in [4.69, 9.17) is 22.5 Å². The first kappa shape index (κ1) is 11.8. The van der Waals surface area contributed by atoms with E-state index in [9.17, 15) is 6.85 Å². The third-order valence-electron chi connectivity index (χ3n) is 7.29. The molecule has 9 aromatic rings. The minimum Gasteiger partial charge on any atom is -0.464 e. The predicted octanol–water partition coefficient (Wildman–Crippen LogP) is 11.1. The van der Waals surface area contributed by atoms with Crippen molar-refractivity contribution in [3.63, 3.8) is 0 Å². The zero-order valence-electron chi connectivity index (χ0n) is 35.4. The average Bonchev–Trinajstić information content (AvgIpc) is 3.81. The number of hydrogen-bond acceptors (Lipinski definition) is 2. The van der Waals surface area contributed by atoms with Crippen molar-refractivity contribution in [2.75, 3.05) is 0 Å². The molecule has 0 amide bonds. The zero-order valence-corrected chi connectivity index (χ0v) is 20.4. The molecule has 0 saturated carbocycles. The number of para-hydroxylation sites is 1. The summed E-state index contributed by atoms with van der Waals surface area (Å²) in [6, 6.07) is -0.107. The second-order valence-electron chi connectivity index (χ2n) is 9.31. The number of furan rings is 2. The molecule has 9 rings (SSSR count). The van der Waals surface area contributed by atoms with E-state index in [-0.39, 0.29) is 43.8 Å². The maximum Gasteiger partial charge on any atom is 0.144 e. The summed E-state index contributed by atoms with van der Waals surface area (Å²) in [5, 5.41) is -0.159. The van der Waals surface area contributed by atoms with Gasteiger partial charge in [0.05, 0.1) is 26.8 Å². The van der Waals surface area contributed by atoms with Crippen molar-refractivity contribution in [2.45, 2.75) is 0 Å². The van der Waals surface area contributed by atoms with E-state index in [0.29, 0.717) is 27.3 Å². The van der Waals surface area contributed by atoms with Crippen molar-refractivity contribution in [3.8, 4) is 22.3 Å². The highest BCUT2D eigenvalue weighted by atomic mass is 16.3. The Labute approximate surface area is 250 Å². The molecule has 0 aliphatic carbocycles. The molecule has 0 atom stereocenters. The lowest BCUT2D eigenvalue weighted by Crippen LogP contribution is -1.92. The number of rotatable bonds is 2. The fraction of sp³-hybridized carbons (Fsp3) is 0. The molecular formula is C38H22O2. The number of fused-ring (bicyclic) bond motifs is 8. The van der Waals surface area contributed by atoms with Crippen LogP contribution in [-0.4, -0.2) is 0 Å². The van der Waals surface area contributed by atoms with Crippen molar-refractivity contribution < 1.29 is 29.4 Å². The molecule has 0 aliphatic heterocycles. The lowest BCUT2D eigenvalue weighted by molar-refractivity contribution is 0.615. The van der Waals surface area contributed by atoms with Gasteiger partial charge in [0.1, 0.15) is 16.7 Å². The lowest BCUT2D eigenvalue weighted by atomic mass is 9.84. The second-order valence-corrected chi connectivity index (χ2v) is 9.31. The molecule has 0 fully saturated rings. The van der Waals surface area contributed by atoms with E-state index in [0.717, 1.165) is 0 Å².